The minimum Gasteiger partial charge on any atom is -0.378 e. The van der Waals surface area contributed by atoms with E-state index in [4.69, 9.17) is 9.47 Å². The van der Waals surface area contributed by atoms with Crippen LogP contribution in [0.15, 0.2) is 11.6 Å². The van der Waals surface area contributed by atoms with Crippen LogP contribution in [0.4, 0.5) is 0 Å². The molecule has 2 saturated heterocycles. The number of allylic oxidation sites excluding steroid dienone is 2. The smallest absolute Gasteiger partial charge is 0.0547 e. The molecule has 0 bridgehead atoms. The summed E-state index contributed by atoms with van der Waals surface area (Å²) in [5, 5.41) is 0. The van der Waals surface area contributed by atoms with E-state index >= 15 is 0 Å². The Morgan fingerprint density at radius 2 is 0.938 bits per heavy atom. The maximum atomic E-state index is 5.39. The van der Waals surface area contributed by atoms with E-state index in [1.807, 2.05) is 0 Å². The fraction of sp³-hybridized carbons (Fsp3) is 0.933. The molecular weight excluding hydrogens is 392 g/mol. The van der Waals surface area contributed by atoms with Crippen molar-refractivity contribution in [3.8, 4) is 0 Å². The average Bonchev–Trinajstić information content (AvgIpc) is 2.78. The predicted octanol–water partition coefficient (Wildman–Crippen LogP) is 9.23. The molecule has 0 spiro atoms. The van der Waals surface area contributed by atoms with Gasteiger partial charge in [-0.3, -0.25) is 0 Å². The molecule has 4 rings (SSSR count). The van der Waals surface area contributed by atoms with E-state index in [0.29, 0.717) is 12.2 Å². The van der Waals surface area contributed by atoms with Crippen molar-refractivity contribution in [2.45, 2.75) is 138 Å². The van der Waals surface area contributed by atoms with E-state index in [9.17, 15) is 0 Å². The van der Waals surface area contributed by atoms with Gasteiger partial charge >= 0.3 is 0 Å². The van der Waals surface area contributed by atoms with Crippen LogP contribution in [0, 0.1) is 29.6 Å². The Bertz CT molecular complexity index is 384. The number of hydrogen-bond donors (Lipinski definition) is 0. The summed E-state index contributed by atoms with van der Waals surface area (Å²) in [4.78, 5) is 0. The van der Waals surface area contributed by atoms with E-state index in [2.05, 4.69) is 61.5 Å². The molecule has 3 unspecified atom stereocenters. The Morgan fingerprint density at radius 1 is 0.531 bits per heavy atom. The van der Waals surface area contributed by atoms with Crippen LogP contribution < -0.4 is 0 Å². The van der Waals surface area contributed by atoms with Gasteiger partial charge < -0.3 is 9.47 Å². The summed E-state index contributed by atoms with van der Waals surface area (Å²) in [6.07, 6.45) is 18.6. The normalized spacial score (nSPS) is 37.2. The summed E-state index contributed by atoms with van der Waals surface area (Å²) in [5.74, 6) is 4.58. The summed E-state index contributed by atoms with van der Waals surface area (Å²) in [7, 11) is 0. The van der Waals surface area contributed by atoms with Crippen molar-refractivity contribution >= 4 is 0 Å². The van der Waals surface area contributed by atoms with Crippen LogP contribution >= 0.6 is 0 Å². The van der Waals surface area contributed by atoms with Gasteiger partial charge in [0.25, 0.3) is 0 Å². The monoisotopic (exact) mass is 450 g/mol. The van der Waals surface area contributed by atoms with Crippen molar-refractivity contribution in [1.82, 2.24) is 0 Å². The third-order valence-electron chi connectivity index (χ3n) is 7.67. The van der Waals surface area contributed by atoms with E-state index in [0.717, 1.165) is 42.8 Å². The van der Waals surface area contributed by atoms with Gasteiger partial charge in [0.1, 0.15) is 0 Å². The first kappa shape index (κ1) is 29.7. The molecule has 0 aromatic heterocycles. The van der Waals surface area contributed by atoms with Gasteiger partial charge in [0, 0.05) is 13.2 Å². The minimum absolute atomic E-state index is 0.520. The van der Waals surface area contributed by atoms with Crippen LogP contribution in [0.5, 0.6) is 0 Å². The highest BCUT2D eigenvalue weighted by Gasteiger charge is 2.14. The first-order chi connectivity index (χ1) is 15.2. The molecule has 0 aromatic carbocycles. The zero-order valence-electron chi connectivity index (χ0n) is 23.1. The molecular formula is C30H58O2. The first-order valence-electron chi connectivity index (χ1n) is 14.0. The summed E-state index contributed by atoms with van der Waals surface area (Å²) >= 11 is 0. The summed E-state index contributed by atoms with van der Waals surface area (Å²) < 4.78 is 10.8. The Labute approximate surface area is 202 Å². The molecule has 2 heterocycles. The van der Waals surface area contributed by atoms with E-state index in [1.165, 1.54) is 70.6 Å². The van der Waals surface area contributed by atoms with Crippen LogP contribution in [0.25, 0.3) is 0 Å². The number of hydrogen-bond acceptors (Lipinski definition) is 2. The van der Waals surface area contributed by atoms with Crippen LogP contribution in [-0.2, 0) is 9.47 Å². The van der Waals surface area contributed by atoms with E-state index in [-0.39, 0.29) is 0 Å². The van der Waals surface area contributed by atoms with Crippen molar-refractivity contribution < 1.29 is 9.47 Å². The zero-order chi connectivity index (χ0) is 23.9. The van der Waals surface area contributed by atoms with Crippen LogP contribution in [0.2, 0.25) is 0 Å². The molecule has 0 radical (unpaired) electrons. The van der Waals surface area contributed by atoms with Crippen molar-refractivity contribution in [2.24, 2.45) is 29.6 Å². The second kappa shape index (κ2) is 17.1. The molecule has 2 nitrogen and oxygen atoms in total. The lowest BCUT2D eigenvalue weighted by atomic mass is 9.84. The predicted molar refractivity (Wildman–Crippen MR) is 141 cm³/mol. The second-order valence-corrected chi connectivity index (χ2v) is 11.9. The largest absolute Gasteiger partial charge is 0.378 e. The lowest BCUT2D eigenvalue weighted by Crippen LogP contribution is -2.21. The van der Waals surface area contributed by atoms with Gasteiger partial charge in [-0.1, -0.05) is 72.0 Å². The highest BCUT2D eigenvalue weighted by Crippen LogP contribution is 2.27. The third kappa shape index (κ3) is 15.5. The molecule has 2 aliphatic carbocycles. The third-order valence-corrected chi connectivity index (χ3v) is 7.67. The van der Waals surface area contributed by atoms with Crippen LogP contribution in [0.3, 0.4) is 0 Å². The SMILES string of the molecule is CC1=CCC(C)CC1.CC1CCC(C)CC1.CC1CC[C@@H](C)CO1.CC1CC[C@@H](C)OC1. The molecule has 2 aliphatic heterocycles. The summed E-state index contributed by atoms with van der Waals surface area (Å²) in [6.45, 7) is 20.0. The minimum atomic E-state index is 0.520. The van der Waals surface area contributed by atoms with Gasteiger partial charge in [0.2, 0.25) is 0 Å². The molecule has 190 valence electrons. The Morgan fingerprint density at radius 3 is 1.19 bits per heavy atom. The zero-order valence-corrected chi connectivity index (χ0v) is 23.1. The molecule has 32 heavy (non-hydrogen) atoms. The Kier molecular flexibility index (Phi) is 15.9. The summed E-state index contributed by atoms with van der Waals surface area (Å²) in [6, 6.07) is 0. The van der Waals surface area contributed by atoms with Gasteiger partial charge in [-0.25, -0.2) is 0 Å². The molecule has 0 N–H and O–H groups in total. The van der Waals surface area contributed by atoms with Crippen molar-refractivity contribution in [3.05, 3.63) is 11.6 Å². The maximum absolute atomic E-state index is 5.39. The van der Waals surface area contributed by atoms with Crippen molar-refractivity contribution in [3.63, 3.8) is 0 Å². The average molecular weight is 451 g/mol. The van der Waals surface area contributed by atoms with Crippen molar-refractivity contribution in [1.29, 1.82) is 0 Å². The first-order valence-corrected chi connectivity index (χ1v) is 14.0. The lowest BCUT2D eigenvalue weighted by Gasteiger charge is -2.23. The Balaban J connectivity index is 0.000000213. The molecule has 0 amide bonds. The second-order valence-electron chi connectivity index (χ2n) is 11.9. The number of ether oxygens (including phenoxy) is 2. The maximum Gasteiger partial charge on any atom is 0.0547 e. The van der Waals surface area contributed by atoms with E-state index in [1.54, 1.807) is 5.57 Å². The van der Waals surface area contributed by atoms with E-state index < -0.39 is 0 Å². The topological polar surface area (TPSA) is 18.5 Å². The highest BCUT2D eigenvalue weighted by atomic mass is 16.5. The van der Waals surface area contributed by atoms with Gasteiger partial charge in [0.15, 0.2) is 0 Å². The quantitative estimate of drug-likeness (QED) is 0.342. The molecule has 1 saturated carbocycles. The van der Waals surface area contributed by atoms with Crippen LogP contribution in [0.1, 0.15) is 126 Å². The van der Waals surface area contributed by atoms with Gasteiger partial charge in [-0.05, 0) is 95.3 Å². The fourth-order valence-corrected chi connectivity index (χ4v) is 4.55. The fourth-order valence-electron chi connectivity index (χ4n) is 4.55. The van der Waals surface area contributed by atoms with Crippen LogP contribution in [-0.4, -0.2) is 25.4 Å². The molecule has 5 atom stereocenters. The highest BCUT2D eigenvalue weighted by molar-refractivity contribution is 5.02. The lowest BCUT2D eigenvalue weighted by molar-refractivity contribution is 0.000174. The van der Waals surface area contributed by atoms with Gasteiger partial charge in [-0.15, -0.1) is 0 Å². The molecule has 3 fully saturated rings. The molecule has 0 aromatic rings. The molecule has 4 aliphatic rings. The van der Waals surface area contributed by atoms with Crippen molar-refractivity contribution in [2.75, 3.05) is 13.2 Å². The number of rotatable bonds is 0. The molecule has 2 heteroatoms. The van der Waals surface area contributed by atoms with Gasteiger partial charge in [0.05, 0.1) is 12.2 Å². The van der Waals surface area contributed by atoms with Gasteiger partial charge in [-0.2, -0.15) is 0 Å². The Hall–Kier alpha value is -0.340. The summed E-state index contributed by atoms with van der Waals surface area (Å²) in [5.41, 5.74) is 1.59. The standard InChI is InChI=1S/C8H16.C8H14.2C7H14O/c2*1-7-3-5-8(2)6-4-7;2*1-6-3-4-7(2)8-5-6/h7-8H,3-6H2,1-2H3;3,8H,4-6H2,1-2H3;2*6-7H,3-5H2,1-2H3/t;;6?,7-;6-,7?/m..11/s1.